The van der Waals surface area contributed by atoms with Crippen molar-refractivity contribution in [2.45, 2.75) is 0 Å². The molecule has 1 heterocycles. The van der Waals surface area contributed by atoms with Crippen LogP contribution in [0.2, 0.25) is 0 Å². The molecule has 1 aromatic carbocycles. The number of aliphatic imine (C=N–C) groups is 1. The molecule has 98 valence electrons. The van der Waals surface area contributed by atoms with Crippen LogP contribution in [0.3, 0.4) is 0 Å². The summed E-state index contributed by atoms with van der Waals surface area (Å²) in [4.78, 5) is 17.7. The van der Waals surface area contributed by atoms with Gasteiger partial charge in [-0.25, -0.2) is 9.79 Å². The lowest BCUT2D eigenvalue weighted by Gasteiger charge is -2.16. The molecule has 2 N–H and O–H groups in total. The van der Waals surface area contributed by atoms with E-state index in [4.69, 9.17) is 5.26 Å². The normalized spacial score (nSPS) is 15.1. The molecular formula is C12H13N5OS. The van der Waals surface area contributed by atoms with Gasteiger partial charge in [0, 0.05) is 13.1 Å². The third kappa shape index (κ3) is 2.98. The number of anilines is 1. The van der Waals surface area contributed by atoms with Gasteiger partial charge < -0.3 is 5.32 Å². The highest BCUT2D eigenvalue weighted by atomic mass is 32.2. The second kappa shape index (κ2) is 6.11. The van der Waals surface area contributed by atoms with Crippen molar-refractivity contribution in [3.05, 3.63) is 24.3 Å². The maximum absolute atomic E-state index is 11.7. The van der Waals surface area contributed by atoms with Gasteiger partial charge in [0.05, 0.1) is 11.4 Å². The molecule has 0 unspecified atom stereocenters. The smallest absolute Gasteiger partial charge is 0.322 e. The van der Waals surface area contributed by atoms with E-state index in [1.165, 1.54) is 11.8 Å². The van der Waals surface area contributed by atoms with Gasteiger partial charge in [-0.1, -0.05) is 23.9 Å². The van der Waals surface area contributed by atoms with E-state index in [1.807, 2.05) is 36.7 Å². The maximum atomic E-state index is 11.7. The topological polar surface area (TPSA) is 80.5 Å². The Kier molecular flexibility index (Phi) is 4.26. The van der Waals surface area contributed by atoms with E-state index in [0.29, 0.717) is 23.9 Å². The lowest BCUT2D eigenvalue weighted by Crippen LogP contribution is -2.27. The molecule has 1 aliphatic heterocycles. The van der Waals surface area contributed by atoms with Gasteiger partial charge in [0.1, 0.15) is 0 Å². The van der Waals surface area contributed by atoms with E-state index in [1.54, 1.807) is 4.90 Å². The van der Waals surface area contributed by atoms with Crippen LogP contribution in [0.15, 0.2) is 29.3 Å². The van der Waals surface area contributed by atoms with E-state index in [9.17, 15) is 4.79 Å². The summed E-state index contributed by atoms with van der Waals surface area (Å²) in [5.41, 5.74) is 1.40. The molecule has 0 saturated carbocycles. The SMILES string of the molecule is CSC(=Nc1ccccc1N1CCNC1=O)NC#N. The van der Waals surface area contributed by atoms with Crippen LogP contribution in [0.4, 0.5) is 16.2 Å². The van der Waals surface area contributed by atoms with Crippen LogP contribution < -0.4 is 15.5 Å². The summed E-state index contributed by atoms with van der Waals surface area (Å²) in [6.07, 6.45) is 3.67. The number of rotatable bonds is 2. The predicted octanol–water partition coefficient (Wildman–Crippen LogP) is 1.64. The molecule has 1 aliphatic rings. The Hall–Kier alpha value is -2.20. The van der Waals surface area contributed by atoms with Crippen LogP contribution in [0.5, 0.6) is 0 Å². The van der Waals surface area contributed by atoms with Gasteiger partial charge in [-0.05, 0) is 18.4 Å². The molecule has 2 amide bonds. The number of benzene rings is 1. The quantitative estimate of drug-likeness (QED) is 0.372. The van der Waals surface area contributed by atoms with Gasteiger partial charge in [0.15, 0.2) is 11.4 Å². The van der Waals surface area contributed by atoms with Gasteiger partial charge in [0.25, 0.3) is 0 Å². The number of nitriles is 1. The van der Waals surface area contributed by atoms with Gasteiger partial charge in [-0.15, -0.1) is 0 Å². The highest BCUT2D eigenvalue weighted by Gasteiger charge is 2.23. The zero-order chi connectivity index (χ0) is 13.7. The standard InChI is InChI=1S/C12H13N5OS/c1-19-11(15-8-13)16-9-4-2-3-5-10(9)17-7-6-14-12(17)18/h2-5H,6-7H2,1H3,(H,14,18)(H,15,16). The summed E-state index contributed by atoms with van der Waals surface area (Å²) in [7, 11) is 0. The summed E-state index contributed by atoms with van der Waals surface area (Å²) in [5, 5.41) is 14.4. The molecule has 0 aromatic heterocycles. The van der Waals surface area contributed by atoms with Crippen molar-refractivity contribution in [1.82, 2.24) is 10.6 Å². The first-order chi connectivity index (χ1) is 9.26. The molecule has 7 heteroatoms. The third-order valence-electron chi connectivity index (χ3n) is 2.61. The Morgan fingerprint density at radius 1 is 1.58 bits per heavy atom. The number of para-hydroxylation sites is 2. The zero-order valence-electron chi connectivity index (χ0n) is 10.4. The molecule has 1 fully saturated rings. The Morgan fingerprint density at radius 3 is 3.00 bits per heavy atom. The second-order valence-corrected chi connectivity index (χ2v) is 4.53. The van der Waals surface area contributed by atoms with Crippen LogP contribution in [-0.2, 0) is 0 Å². The first kappa shape index (κ1) is 13.2. The Balaban J connectivity index is 2.36. The van der Waals surface area contributed by atoms with Gasteiger partial charge in [-0.2, -0.15) is 5.26 Å². The molecule has 1 saturated heterocycles. The number of carbonyl (C=O) groups excluding carboxylic acids is 1. The van der Waals surface area contributed by atoms with E-state index in [2.05, 4.69) is 15.6 Å². The number of amides is 2. The fraction of sp³-hybridized carbons (Fsp3) is 0.250. The van der Waals surface area contributed by atoms with Gasteiger partial charge >= 0.3 is 6.03 Å². The highest BCUT2D eigenvalue weighted by Crippen LogP contribution is 2.29. The van der Waals surface area contributed by atoms with Gasteiger partial charge in [-0.3, -0.25) is 10.2 Å². The highest BCUT2D eigenvalue weighted by molar-refractivity contribution is 8.13. The Labute approximate surface area is 115 Å². The van der Waals surface area contributed by atoms with Crippen LogP contribution >= 0.6 is 11.8 Å². The molecule has 0 radical (unpaired) electrons. The third-order valence-corrected chi connectivity index (χ3v) is 3.19. The summed E-state index contributed by atoms with van der Waals surface area (Å²) < 4.78 is 0. The molecule has 0 spiro atoms. The largest absolute Gasteiger partial charge is 0.336 e. The lowest BCUT2D eigenvalue weighted by molar-refractivity contribution is 0.252. The monoisotopic (exact) mass is 275 g/mol. The van der Waals surface area contributed by atoms with E-state index >= 15 is 0 Å². The number of urea groups is 1. The van der Waals surface area contributed by atoms with Crippen molar-refractivity contribution < 1.29 is 4.79 Å². The molecular weight excluding hydrogens is 262 g/mol. The van der Waals surface area contributed by atoms with Crippen LogP contribution in [0.1, 0.15) is 0 Å². The molecule has 0 aliphatic carbocycles. The van der Waals surface area contributed by atoms with Crippen molar-refractivity contribution in [2.75, 3.05) is 24.2 Å². The van der Waals surface area contributed by atoms with E-state index < -0.39 is 0 Å². The zero-order valence-corrected chi connectivity index (χ0v) is 11.2. The molecule has 2 rings (SSSR count). The Morgan fingerprint density at radius 2 is 2.37 bits per heavy atom. The van der Waals surface area contributed by atoms with Crippen LogP contribution in [-0.4, -0.2) is 30.5 Å². The fourth-order valence-corrected chi connectivity index (χ4v) is 2.11. The van der Waals surface area contributed by atoms with E-state index in [-0.39, 0.29) is 6.03 Å². The minimum atomic E-state index is -0.124. The molecule has 0 bridgehead atoms. The minimum Gasteiger partial charge on any atom is -0.336 e. The summed E-state index contributed by atoms with van der Waals surface area (Å²) >= 11 is 1.34. The molecule has 6 nitrogen and oxygen atoms in total. The first-order valence-electron chi connectivity index (χ1n) is 5.68. The number of amidine groups is 1. The molecule has 0 atom stereocenters. The van der Waals surface area contributed by atoms with Crippen LogP contribution in [0.25, 0.3) is 0 Å². The maximum Gasteiger partial charge on any atom is 0.322 e. The van der Waals surface area contributed by atoms with Gasteiger partial charge in [0.2, 0.25) is 0 Å². The number of nitrogens with one attached hydrogen (secondary N) is 2. The Bertz CT molecular complexity index is 551. The second-order valence-electron chi connectivity index (χ2n) is 3.73. The fourth-order valence-electron chi connectivity index (χ4n) is 1.77. The minimum absolute atomic E-state index is 0.124. The van der Waals surface area contributed by atoms with Crippen molar-refractivity contribution in [3.8, 4) is 6.19 Å². The summed E-state index contributed by atoms with van der Waals surface area (Å²) in [5.74, 6) is 0. The average Bonchev–Trinajstić information content (AvgIpc) is 2.85. The first-order valence-corrected chi connectivity index (χ1v) is 6.91. The number of carbonyl (C=O) groups is 1. The summed E-state index contributed by atoms with van der Waals surface area (Å²) in [6, 6.07) is 7.24. The molecule has 1 aromatic rings. The van der Waals surface area contributed by atoms with Crippen molar-refractivity contribution in [3.63, 3.8) is 0 Å². The van der Waals surface area contributed by atoms with Crippen molar-refractivity contribution in [1.29, 1.82) is 5.26 Å². The number of thioether (sulfide) groups is 1. The molecule has 19 heavy (non-hydrogen) atoms. The number of hydrogen-bond acceptors (Lipinski definition) is 4. The number of nitrogens with zero attached hydrogens (tertiary/aromatic N) is 3. The van der Waals surface area contributed by atoms with Crippen molar-refractivity contribution in [2.24, 2.45) is 4.99 Å². The lowest BCUT2D eigenvalue weighted by atomic mass is 10.2. The summed E-state index contributed by atoms with van der Waals surface area (Å²) in [6.45, 7) is 1.24. The number of hydrogen-bond donors (Lipinski definition) is 2. The van der Waals surface area contributed by atoms with Crippen molar-refractivity contribution >= 4 is 34.3 Å². The van der Waals surface area contributed by atoms with Crippen LogP contribution in [0, 0.1) is 11.5 Å². The van der Waals surface area contributed by atoms with E-state index in [0.717, 1.165) is 5.69 Å². The predicted molar refractivity (Wildman–Crippen MR) is 76.5 cm³/mol. The average molecular weight is 275 g/mol.